The van der Waals surface area contributed by atoms with Crippen LogP contribution in [0, 0.1) is 0 Å². The zero-order chi connectivity index (χ0) is 22.4. The van der Waals surface area contributed by atoms with E-state index in [1.165, 1.54) is 25.3 Å². The Labute approximate surface area is 182 Å². The summed E-state index contributed by atoms with van der Waals surface area (Å²) in [4.78, 5) is 17.0. The normalized spacial score (nSPS) is 12.2. The lowest BCUT2D eigenvalue weighted by molar-refractivity contribution is 0.0997. The molecule has 0 fully saturated rings. The lowest BCUT2D eigenvalue weighted by atomic mass is 10.2. The third kappa shape index (κ3) is 5.68. The predicted octanol–water partition coefficient (Wildman–Crippen LogP) is 2.97. The monoisotopic (exact) mass is 439 g/mol. The Kier molecular flexibility index (Phi) is 7.04. The number of pyridine rings is 1. The number of rotatable bonds is 7. The van der Waals surface area contributed by atoms with Crippen LogP contribution in [0.3, 0.4) is 0 Å². The van der Waals surface area contributed by atoms with E-state index in [-0.39, 0.29) is 22.3 Å². The third-order valence-electron chi connectivity index (χ3n) is 4.42. The van der Waals surface area contributed by atoms with Gasteiger partial charge in [0.05, 0.1) is 7.11 Å². The number of nitrogens with zero attached hydrogens (tertiary/aromatic N) is 2. The van der Waals surface area contributed by atoms with Crippen LogP contribution in [-0.4, -0.2) is 32.0 Å². The van der Waals surface area contributed by atoms with Gasteiger partial charge in [-0.15, -0.1) is 0 Å². The molecule has 1 aromatic heterocycles. The maximum atomic E-state index is 12.9. The number of amides is 1. The molecule has 7 nitrogen and oxygen atoms in total. The van der Waals surface area contributed by atoms with Gasteiger partial charge in [-0.3, -0.25) is 4.79 Å². The Hall–Kier alpha value is -3.23. The van der Waals surface area contributed by atoms with Crippen LogP contribution < -0.4 is 14.9 Å². The molecule has 0 aliphatic carbocycles. The summed E-state index contributed by atoms with van der Waals surface area (Å²) >= 11 is 0. The van der Waals surface area contributed by atoms with Crippen LogP contribution in [0.25, 0.3) is 0 Å². The van der Waals surface area contributed by atoms with E-state index in [4.69, 9.17) is 4.74 Å². The molecule has 0 aliphatic rings. The van der Waals surface area contributed by atoms with E-state index in [0.717, 1.165) is 5.56 Å². The number of hydrogen-bond acceptors (Lipinski definition) is 4. The smallest absolute Gasteiger partial charge is 0.278 e. The molecule has 8 heteroatoms. The minimum atomic E-state index is -3.85. The average molecular weight is 440 g/mol. The summed E-state index contributed by atoms with van der Waals surface area (Å²) in [5.41, 5.74) is 1.69. The van der Waals surface area contributed by atoms with Crippen molar-refractivity contribution < 1.29 is 17.9 Å². The van der Waals surface area contributed by atoms with Crippen molar-refractivity contribution in [3.63, 3.8) is 0 Å². The van der Waals surface area contributed by atoms with Gasteiger partial charge in [0.25, 0.3) is 5.91 Å². The molecule has 0 saturated carbocycles. The highest BCUT2D eigenvalue weighted by Gasteiger charge is 2.22. The number of hydrogen-bond donors (Lipinski definition) is 1. The van der Waals surface area contributed by atoms with E-state index < -0.39 is 15.9 Å². The van der Waals surface area contributed by atoms with Crippen molar-refractivity contribution in [2.24, 2.45) is 4.99 Å². The van der Waals surface area contributed by atoms with E-state index in [0.29, 0.717) is 12.0 Å². The summed E-state index contributed by atoms with van der Waals surface area (Å²) in [6.07, 6.45) is 1.84. The van der Waals surface area contributed by atoms with Crippen LogP contribution >= 0.6 is 0 Å². The maximum Gasteiger partial charge on any atom is 0.278 e. The van der Waals surface area contributed by atoms with Crippen LogP contribution in [0.1, 0.15) is 29.8 Å². The lowest BCUT2D eigenvalue weighted by Gasteiger charge is -2.13. The number of nitrogens with one attached hydrogen (secondary N) is 1. The van der Waals surface area contributed by atoms with Gasteiger partial charge in [0.15, 0.2) is 0 Å². The zero-order valence-electron chi connectivity index (χ0n) is 17.6. The minimum Gasteiger partial charge on any atom is -0.495 e. The molecule has 1 N–H and O–H groups in total. The van der Waals surface area contributed by atoms with Crippen LogP contribution in [0.5, 0.6) is 5.75 Å². The molecule has 0 spiro atoms. The number of sulfonamides is 1. The third-order valence-corrected chi connectivity index (χ3v) is 6.10. The Balaban J connectivity index is 1.99. The van der Waals surface area contributed by atoms with Crippen molar-refractivity contribution in [1.29, 1.82) is 0 Å². The Bertz CT molecular complexity index is 1230. The molecule has 0 unspecified atom stereocenters. The molecule has 2 aromatic carbocycles. The van der Waals surface area contributed by atoms with Gasteiger partial charge in [0.2, 0.25) is 10.0 Å². The van der Waals surface area contributed by atoms with Crippen molar-refractivity contribution in [3.8, 4) is 5.75 Å². The largest absolute Gasteiger partial charge is 0.495 e. The minimum absolute atomic E-state index is 0.102. The zero-order valence-corrected chi connectivity index (χ0v) is 18.5. The topological polar surface area (TPSA) is 89.8 Å². The molecular weight excluding hydrogens is 414 g/mol. The quantitative estimate of drug-likeness (QED) is 0.613. The standard InChI is InChI=1S/C23H25N3O4S/c1-17(2)25-31(28,29)21-15-19(12-13-20(21)30-3)23(27)24-22-11-7-8-14-26(22)16-18-9-5-4-6-10-18/h4-15,17,25H,16H2,1-3H3. The molecule has 1 amide bonds. The molecule has 31 heavy (non-hydrogen) atoms. The number of methoxy groups -OCH3 is 1. The second-order valence-corrected chi connectivity index (χ2v) is 8.91. The van der Waals surface area contributed by atoms with Gasteiger partial charge in [-0.05, 0) is 49.7 Å². The first-order valence-corrected chi connectivity index (χ1v) is 11.3. The fourth-order valence-electron chi connectivity index (χ4n) is 3.04. The fourth-order valence-corrected chi connectivity index (χ4v) is 4.49. The van der Waals surface area contributed by atoms with Gasteiger partial charge in [0.1, 0.15) is 16.1 Å². The van der Waals surface area contributed by atoms with E-state index in [2.05, 4.69) is 9.71 Å². The summed E-state index contributed by atoms with van der Waals surface area (Å²) in [5, 5.41) is 0. The molecule has 0 bridgehead atoms. The predicted molar refractivity (Wildman–Crippen MR) is 118 cm³/mol. The highest BCUT2D eigenvalue weighted by molar-refractivity contribution is 7.89. The van der Waals surface area contributed by atoms with Crippen molar-refractivity contribution in [2.45, 2.75) is 31.3 Å². The van der Waals surface area contributed by atoms with Gasteiger partial charge in [0, 0.05) is 24.3 Å². The SMILES string of the molecule is COc1ccc(C(=O)N=c2ccccn2Cc2ccccc2)cc1S(=O)(=O)NC(C)C. The Morgan fingerprint density at radius 2 is 1.77 bits per heavy atom. The van der Waals surface area contributed by atoms with Gasteiger partial charge >= 0.3 is 0 Å². The first-order valence-electron chi connectivity index (χ1n) is 9.79. The van der Waals surface area contributed by atoms with E-state index in [9.17, 15) is 13.2 Å². The summed E-state index contributed by atoms with van der Waals surface area (Å²) in [5.74, 6) is -0.389. The highest BCUT2D eigenvalue weighted by atomic mass is 32.2. The number of aromatic nitrogens is 1. The first-order chi connectivity index (χ1) is 14.8. The average Bonchev–Trinajstić information content (AvgIpc) is 2.74. The second-order valence-electron chi connectivity index (χ2n) is 7.23. The first kappa shape index (κ1) is 22.5. The summed E-state index contributed by atoms with van der Waals surface area (Å²) in [7, 11) is -2.47. The van der Waals surface area contributed by atoms with Gasteiger partial charge in [-0.1, -0.05) is 36.4 Å². The molecule has 0 radical (unpaired) electrons. The van der Waals surface area contributed by atoms with Gasteiger partial charge in [-0.2, -0.15) is 4.99 Å². The summed E-state index contributed by atoms with van der Waals surface area (Å²) in [6, 6.07) is 19.2. The van der Waals surface area contributed by atoms with Gasteiger partial charge in [-0.25, -0.2) is 13.1 Å². The number of benzene rings is 2. The molecule has 3 rings (SSSR count). The van der Waals surface area contributed by atoms with Crippen molar-refractivity contribution in [1.82, 2.24) is 9.29 Å². The van der Waals surface area contributed by atoms with Crippen LogP contribution in [-0.2, 0) is 16.6 Å². The van der Waals surface area contributed by atoms with Crippen molar-refractivity contribution >= 4 is 15.9 Å². The van der Waals surface area contributed by atoms with Crippen LogP contribution in [0.2, 0.25) is 0 Å². The Morgan fingerprint density at radius 3 is 2.45 bits per heavy atom. The summed E-state index contributed by atoms with van der Waals surface area (Å²) in [6.45, 7) is 3.98. The molecule has 0 atom stereocenters. The lowest BCUT2D eigenvalue weighted by Crippen LogP contribution is -2.30. The second kappa shape index (κ2) is 9.72. The van der Waals surface area contributed by atoms with Gasteiger partial charge < -0.3 is 9.30 Å². The molecular formula is C23H25N3O4S. The highest BCUT2D eigenvalue weighted by Crippen LogP contribution is 2.25. The molecule has 0 saturated heterocycles. The molecule has 0 aliphatic heterocycles. The fraction of sp³-hybridized carbons (Fsp3) is 0.217. The molecule has 162 valence electrons. The Morgan fingerprint density at radius 1 is 1.06 bits per heavy atom. The van der Waals surface area contributed by atoms with Crippen molar-refractivity contribution in [3.05, 3.63) is 89.5 Å². The van der Waals surface area contributed by atoms with E-state index in [1.807, 2.05) is 47.2 Å². The molecule has 3 aromatic rings. The maximum absolute atomic E-state index is 12.9. The molecule has 1 heterocycles. The van der Waals surface area contributed by atoms with Crippen LogP contribution in [0.15, 0.2) is 82.8 Å². The number of carbonyl (C=O) groups is 1. The van der Waals surface area contributed by atoms with Crippen molar-refractivity contribution in [2.75, 3.05) is 7.11 Å². The number of ether oxygens (including phenoxy) is 1. The van der Waals surface area contributed by atoms with E-state index in [1.54, 1.807) is 26.0 Å². The number of carbonyl (C=O) groups excluding carboxylic acids is 1. The summed E-state index contributed by atoms with van der Waals surface area (Å²) < 4.78 is 34.9. The van der Waals surface area contributed by atoms with E-state index >= 15 is 0 Å². The van der Waals surface area contributed by atoms with Crippen LogP contribution in [0.4, 0.5) is 0 Å².